The van der Waals surface area contributed by atoms with Crippen LogP contribution in [0.3, 0.4) is 0 Å². The molecule has 4 aromatic carbocycles. The van der Waals surface area contributed by atoms with Crippen LogP contribution in [0.5, 0.6) is 0 Å². The van der Waals surface area contributed by atoms with E-state index < -0.39 is 0 Å². The summed E-state index contributed by atoms with van der Waals surface area (Å²) in [5, 5.41) is 5.04. The van der Waals surface area contributed by atoms with Crippen LogP contribution in [0.2, 0.25) is 0 Å². The van der Waals surface area contributed by atoms with Crippen molar-refractivity contribution in [2.45, 2.75) is 34.1 Å². The molecule has 4 aromatic rings. The molecule has 2 aliphatic carbocycles. The fourth-order valence-electron chi connectivity index (χ4n) is 5.72. The summed E-state index contributed by atoms with van der Waals surface area (Å²) >= 11 is 0. The minimum Gasteiger partial charge on any atom is -1.00 e. The molecule has 0 heterocycles. The van der Waals surface area contributed by atoms with E-state index in [1.807, 2.05) is 0 Å². The second kappa shape index (κ2) is 12.2. The maximum atomic E-state index is 3.79. The molecule has 0 N–H and O–H groups in total. The molecular formula is C35H29Cl2Zr. The molecule has 1 radical (unpaired) electrons. The van der Waals surface area contributed by atoms with Crippen molar-refractivity contribution in [1.82, 2.24) is 0 Å². The molecule has 0 saturated heterocycles. The van der Waals surface area contributed by atoms with Crippen molar-refractivity contribution in [2.24, 2.45) is 0 Å². The van der Waals surface area contributed by atoms with E-state index in [9.17, 15) is 0 Å². The summed E-state index contributed by atoms with van der Waals surface area (Å²) in [5.74, 6) is 0. The topological polar surface area (TPSA) is 0 Å². The Bertz CT molecular complexity index is 1760. The number of fused-ring (bicyclic) bond motifs is 2. The van der Waals surface area contributed by atoms with Crippen molar-refractivity contribution in [1.29, 1.82) is 0 Å². The molecule has 6 rings (SSSR count). The van der Waals surface area contributed by atoms with E-state index in [0.29, 0.717) is 0 Å². The van der Waals surface area contributed by atoms with E-state index >= 15 is 0 Å². The van der Waals surface area contributed by atoms with E-state index in [2.05, 4.69) is 125 Å². The number of hydrogen-bond donors (Lipinski definition) is 0. The molecule has 3 heteroatoms. The molecule has 0 bridgehead atoms. The molecule has 0 aliphatic heterocycles. The van der Waals surface area contributed by atoms with Crippen LogP contribution in [0, 0.1) is 38.1 Å². The van der Waals surface area contributed by atoms with E-state index in [-0.39, 0.29) is 51.0 Å². The number of benzene rings is 4. The van der Waals surface area contributed by atoms with Crippen molar-refractivity contribution in [3.63, 3.8) is 0 Å². The van der Waals surface area contributed by atoms with E-state index in [4.69, 9.17) is 0 Å². The van der Waals surface area contributed by atoms with Gasteiger partial charge in [-0.2, -0.15) is 0 Å². The fourth-order valence-corrected chi connectivity index (χ4v) is 5.72. The number of aryl methyl sites for hydroxylation is 4. The van der Waals surface area contributed by atoms with Gasteiger partial charge >= 0.3 is 26.2 Å². The first-order valence-corrected chi connectivity index (χ1v) is 12.4. The maximum absolute atomic E-state index is 3.79. The fraction of sp³-hybridized carbons (Fsp3) is 0.143. The monoisotopic (exact) mass is 609 g/mol. The largest absolute Gasteiger partial charge is 3.00 e. The van der Waals surface area contributed by atoms with Gasteiger partial charge < -0.3 is 24.8 Å². The van der Waals surface area contributed by atoms with Gasteiger partial charge in [0.25, 0.3) is 0 Å². The predicted octanol–water partition coefficient (Wildman–Crippen LogP) is 0.823. The van der Waals surface area contributed by atoms with Crippen LogP contribution in [-0.2, 0) is 26.2 Å². The number of rotatable bonds is 3. The number of hydrogen-bond acceptors (Lipinski definition) is 0. The molecule has 0 spiro atoms. The molecule has 0 atom stereocenters. The van der Waals surface area contributed by atoms with Crippen LogP contribution in [-0.4, -0.2) is 0 Å². The minimum atomic E-state index is 0. The van der Waals surface area contributed by atoms with Crippen LogP contribution < -0.4 is 35.3 Å². The zero-order chi connectivity index (χ0) is 24.1. The first-order valence-electron chi connectivity index (χ1n) is 12.4. The molecule has 0 unspecified atom stereocenters. The van der Waals surface area contributed by atoms with E-state index in [1.165, 1.54) is 76.5 Å². The normalized spacial score (nSPS) is 12.3. The zero-order valence-corrected chi connectivity index (χ0v) is 26.1. The van der Waals surface area contributed by atoms with Crippen LogP contribution in [0.25, 0.3) is 17.2 Å². The van der Waals surface area contributed by atoms with Crippen LogP contribution in [0.15, 0.2) is 91.0 Å². The van der Waals surface area contributed by atoms with Gasteiger partial charge in [-0.1, -0.05) is 107 Å². The third kappa shape index (κ3) is 5.22. The molecule has 0 nitrogen and oxygen atoms in total. The quantitative estimate of drug-likeness (QED) is 0.265. The van der Waals surface area contributed by atoms with Crippen LogP contribution >= 0.6 is 0 Å². The van der Waals surface area contributed by atoms with Gasteiger partial charge in [-0.05, 0) is 67.2 Å². The van der Waals surface area contributed by atoms with Gasteiger partial charge in [0, 0.05) is 0 Å². The van der Waals surface area contributed by atoms with Gasteiger partial charge in [-0.3, -0.25) is 0 Å². The van der Waals surface area contributed by atoms with Gasteiger partial charge in [0.2, 0.25) is 0 Å². The van der Waals surface area contributed by atoms with Crippen molar-refractivity contribution in [3.8, 4) is 0 Å². The Labute approximate surface area is 257 Å². The van der Waals surface area contributed by atoms with Gasteiger partial charge in [0.05, 0.1) is 0 Å². The molecule has 0 fully saturated rings. The third-order valence-corrected chi connectivity index (χ3v) is 7.35. The third-order valence-electron chi connectivity index (χ3n) is 7.35. The van der Waals surface area contributed by atoms with Crippen molar-refractivity contribution >= 4 is 17.2 Å². The maximum Gasteiger partial charge on any atom is 3.00 e. The van der Waals surface area contributed by atoms with Crippen molar-refractivity contribution < 1.29 is 51.0 Å². The van der Waals surface area contributed by atoms with Gasteiger partial charge in [0.1, 0.15) is 0 Å². The second-order valence-electron chi connectivity index (χ2n) is 9.92. The van der Waals surface area contributed by atoms with Gasteiger partial charge in [0.15, 0.2) is 0 Å². The Kier molecular flexibility index (Phi) is 9.64. The predicted molar refractivity (Wildman–Crippen MR) is 147 cm³/mol. The SMILES string of the molecule is Cc1ccc(C(c2ccc(C)cc2C)=c2ccc3c(c2C2=CC=CC2)[C-]=c2ccccc2=3)c(C)c1.[Cl-].[Cl-].[Zr+3]. The summed E-state index contributed by atoms with van der Waals surface area (Å²) in [6.07, 6.45) is 11.5. The summed E-state index contributed by atoms with van der Waals surface area (Å²) in [4.78, 5) is 0. The summed E-state index contributed by atoms with van der Waals surface area (Å²) in [6.45, 7) is 8.82. The van der Waals surface area contributed by atoms with E-state index in [1.54, 1.807) is 0 Å². The van der Waals surface area contributed by atoms with E-state index in [0.717, 1.165) is 6.42 Å². The van der Waals surface area contributed by atoms with Crippen molar-refractivity contribution in [3.05, 3.63) is 156 Å². The smallest absolute Gasteiger partial charge is 1.00 e. The first kappa shape index (κ1) is 30.1. The molecular weight excluding hydrogens is 583 g/mol. The molecule has 2 aliphatic rings. The first-order chi connectivity index (χ1) is 17.0. The average molecular weight is 612 g/mol. The Hall–Kier alpha value is -2.44. The summed E-state index contributed by atoms with van der Waals surface area (Å²) in [7, 11) is 0. The van der Waals surface area contributed by atoms with Crippen LogP contribution in [0.1, 0.15) is 50.9 Å². The average Bonchev–Trinajstić information content (AvgIpc) is 3.49. The molecule has 187 valence electrons. The Morgan fingerprint density at radius 1 is 0.711 bits per heavy atom. The molecule has 0 amide bonds. The van der Waals surface area contributed by atoms with Crippen LogP contribution in [0.4, 0.5) is 0 Å². The Balaban J connectivity index is 0.00000133. The number of halogens is 2. The number of allylic oxidation sites excluding steroid dienone is 4. The van der Waals surface area contributed by atoms with Gasteiger partial charge in [-0.15, -0.1) is 33.4 Å². The zero-order valence-electron chi connectivity index (χ0n) is 22.1. The van der Waals surface area contributed by atoms with Gasteiger partial charge in [-0.25, -0.2) is 0 Å². The molecule has 38 heavy (non-hydrogen) atoms. The molecule has 0 aromatic heterocycles. The summed E-state index contributed by atoms with van der Waals surface area (Å²) in [6, 6.07) is 27.0. The minimum absolute atomic E-state index is 0. The molecule has 0 saturated carbocycles. The van der Waals surface area contributed by atoms with Crippen molar-refractivity contribution in [2.75, 3.05) is 0 Å². The Morgan fingerprint density at radius 3 is 1.92 bits per heavy atom. The Morgan fingerprint density at radius 2 is 1.34 bits per heavy atom. The summed E-state index contributed by atoms with van der Waals surface area (Å²) < 4.78 is 0. The standard InChI is InChI=1S/C35H29.2ClH.Zr/c1-22-13-15-28(24(3)19-22)35(29-16-14-23(2)20-25(29)4)32-18-17-31-30-12-8-7-11-27(30)21-33(31)34(32)26-9-5-6-10-26;;;/h5-9,11-20H,10H2,1-4H3;2*1H;/q-1;;;+3/p-2. The second-order valence-corrected chi connectivity index (χ2v) is 9.92. The summed E-state index contributed by atoms with van der Waals surface area (Å²) in [5.41, 5.74) is 13.0.